The van der Waals surface area contributed by atoms with Gasteiger partial charge in [0.05, 0.1) is 0 Å². The second-order valence-corrected chi connectivity index (χ2v) is 7.28. The van der Waals surface area contributed by atoms with Crippen LogP contribution in [0.25, 0.3) is 0 Å². The molecule has 2 unspecified atom stereocenters. The van der Waals surface area contributed by atoms with Crippen molar-refractivity contribution in [2.24, 2.45) is 11.7 Å². The van der Waals surface area contributed by atoms with Crippen LogP contribution in [0, 0.1) is 5.92 Å². The Hall–Kier alpha value is -0.120. The van der Waals surface area contributed by atoms with E-state index in [2.05, 4.69) is 23.8 Å². The van der Waals surface area contributed by atoms with Gasteiger partial charge in [-0.3, -0.25) is 9.80 Å². The molecule has 1 saturated carbocycles. The van der Waals surface area contributed by atoms with E-state index in [1.54, 1.807) is 0 Å². The summed E-state index contributed by atoms with van der Waals surface area (Å²) in [4.78, 5) is 5.42. The molecule has 0 aromatic rings. The molecule has 2 N–H and O–H groups in total. The summed E-state index contributed by atoms with van der Waals surface area (Å²) in [6.45, 7) is 5.83. The molecule has 0 amide bonds. The van der Waals surface area contributed by atoms with E-state index in [-0.39, 0.29) is 5.54 Å². The van der Waals surface area contributed by atoms with Crippen LogP contribution in [-0.4, -0.2) is 54.1 Å². The van der Waals surface area contributed by atoms with Crippen LogP contribution in [0.1, 0.15) is 51.9 Å². The van der Waals surface area contributed by atoms with Crippen molar-refractivity contribution in [2.75, 3.05) is 26.7 Å². The molecule has 3 nitrogen and oxygen atoms in total. The van der Waals surface area contributed by atoms with Gasteiger partial charge in [-0.25, -0.2) is 0 Å². The molecule has 2 atom stereocenters. The van der Waals surface area contributed by atoms with Gasteiger partial charge in [0.15, 0.2) is 0 Å². The first-order chi connectivity index (χ1) is 9.17. The zero-order valence-corrected chi connectivity index (χ0v) is 12.8. The van der Waals surface area contributed by atoms with Gasteiger partial charge < -0.3 is 5.73 Å². The van der Waals surface area contributed by atoms with Crippen molar-refractivity contribution in [1.82, 2.24) is 9.80 Å². The predicted octanol–water partition coefficient (Wildman–Crippen LogP) is 2.06. The largest absolute Gasteiger partial charge is 0.329 e. The molecule has 110 valence electrons. The highest BCUT2D eigenvalue weighted by Gasteiger charge is 2.52. The minimum Gasteiger partial charge on any atom is -0.329 e. The minimum atomic E-state index is 0.280. The van der Waals surface area contributed by atoms with E-state index in [1.807, 2.05) is 0 Å². The molecule has 2 aliphatic heterocycles. The van der Waals surface area contributed by atoms with E-state index < -0.39 is 0 Å². The Morgan fingerprint density at radius 2 is 1.89 bits per heavy atom. The Bertz CT molecular complexity index is 311. The molecule has 0 spiro atoms. The molecule has 3 rings (SSSR count). The van der Waals surface area contributed by atoms with E-state index >= 15 is 0 Å². The Kier molecular flexibility index (Phi) is 3.89. The first-order valence-electron chi connectivity index (χ1n) is 8.34. The summed E-state index contributed by atoms with van der Waals surface area (Å²) in [5.41, 5.74) is 6.57. The Balaban J connectivity index is 1.74. The summed E-state index contributed by atoms with van der Waals surface area (Å²) in [6.07, 6.45) is 9.61. The molecule has 0 radical (unpaired) electrons. The number of nitrogens with zero attached hydrogens (tertiary/aromatic N) is 2. The van der Waals surface area contributed by atoms with Crippen LogP contribution in [0.15, 0.2) is 0 Å². The van der Waals surface area contributed by atoms with E-state index in [0.29, 0.717) is 0 Å². The number of hydrogen-bond acceptors (Lipinski definition) is 3. The minimum absolute atomic E-state index is 0.280. The topological polar surface area (TPSA) is 32.5 Å². The van der Waals surface area contributed by atoms with Crippen LogP contribution >= 0.6 is 0 Å². The number of fused-ring (bicyclic) bond motifs is 1. The molecule has 0 bridgehead atoms. The molecule has 3 fully saturated rings. The van der Waals surface area contributed by atoms with Crippen molar-refractivity contribution in [3.05, 3.63) is 0 Å². The SMILES string of the molecule is CC1CCC(N(C)C2(CN)CCN3CCCC32)CC1. The second kappa shape index (κ2) is 5.34. The summed E-state index contributed by atoms with van der Waals surface area (Å²) in [6, 6.07) is 1.52. The third kappa shape index (κ3) is 2.24. The van der Waals surface area contributed by atoms with Crippen LogP contribution in [0.5, 0.6) is 0 Å². The van der Waals surface area contributed by atoms with Crippen molar-refractivity contribution in [1.29, 1.82) is 0 Å². The Labute approximate surface area is 118 Å². The molecule has 3 heteroatoms. The van der Waals surface area contributed by atoms with Crippen molar-refractivity contribution in [3.8, 4) is 0 Å². The predicted molar refractivity (Wildman–Crippen MR) is 80.2 cm³/mol. The monoisotopic (exact) mass is 265 g/mol. The Morgan fingerprint density at radius 3 is 2.58 bits per heavy atom. The average Bonchev–Trinajstić information content (AvgIpc) is 3.01. The van der Waals surface area contributed by atoms with Crippen LogP contribution in [0.3, 0.4) is 0 Å². The first-order valence-corrected chi connectivity index (χ1v) is 8.34. The van der Waals surface area contributed by atoms with E-state index in [9.17, 15) is 0 Å². The number of rotatable bonds is 3. The molecule has 2 heterocycles. The number of hydrogen-bond donors (Lipinski definition) is 1. The lowest BCUT2D eigenvalue weighted by Crippen LogP contribution is -2.61. The quantitative estimate of drug-likeness (QED) is 0.848. The number of nitrogens with two attached hydrogens (primary N) is 1. The fraction of sp³-hybridized carbons (Fsp3) is 1.00. The first kappa shape index (κ1) is 13.8. The van der Waals surface area contributed by atoms with Gasteiger partial charge in [0.25, 0.3) is 0 Å². The van der Waals surface area contributed by atoms with E-state index in [0.717, 1.165) is 24.5 Å². The highest BCUT2D eigenvalue weighted by Crippen LogP contribution is 2.42. The maximum Gasteiger partial charge on any atom is 0.0498 e. The Morgan fingerprint density at radius 1 is 1.16 bits per heavy atom. The molecule has 1 aliphatic carbocycles. The molecule has 2 saturated heterocycles. The fourth-order valence-corrected chi connectivity index (χ4v) is 4.99. The third-order valence-corrected chi connectivity index (χ3v) is 6.40. The lowest BCUT2D eigenvalue weighted by Gasteiger charge is -2.48. The van der Waals surface area contributed by atoms with Crippen LogP contribution in [0.2, 0.25) is 0 Å². The molecule has 0 aromatic heterocycles. The summed E-state index contributed by atoms with van der Waals surface area (Å²) in [5.74, 6) is 0.935. The van der Waals surface area contributed by atoms with Crippen molar-refractivity contribution in [2.45, 2.75) is 69.5 Å². The van der Waals surface area contributed by atoms with Gasteiger partial charge >= 0.3 is 0 Å². The van der Waals surface area contributed by atoms with Crippen molar-refractivity contribution in [3.63, 3.8) is 0 Å². The maximum atomic E-state index is 6.29. The van der Waals surface area contributed by atoms with Crippen LogP contribution in [-0.2, 0) is 0 Å². The highest BCUT2D eigenvalue weighted by atomic mass is 15.3. The normalized spacial score (nSPS) is 43.9. The van der Waals surface area contributed by atoms with E-state index in [4.69, 9.17) is 5.73 Å². The molecule has 3 aliphatic rings. The standard InChI is InChI=1S/C16H31N3/c1-13-5-7-14(8-6-13)18(2)16(12-17)9-11-19-10-3-4-15(16)19/h13-15H,3-12,17H2,1-2H3. The lowest BCUT2D eigenvalue weighted by atomic mass is 9.81. The van der Waals surface area contributed by atoms with Crippen LogP contribution in [0.4, 0.5) is 0 Å². The smallest absolute Gasteiger partial charge is 0.0498 e. The average molecular weight is 265 g/mol. The van der Waals surface area contributed by atoms with Gasteiger partial charge in [-0.05, 0) is 64.5 Å². The van der Waals surface area contributed by atoms with Gasteiger partial charge in [0.2, 0.25) is 0 Å². The third-order valence-electron chi connectivity index (χ3n) is 6.40. The van der Waals surface area contributed by atoms with Gasteiger partial charge in [-0.15, -0.1) is 0 Å². The van der Waals surface area contributed by atoms with Gasteiger partial charge in [0.1, 0.15) is 0 Å². The van der Waals surface area contributed by atoms with Crippen molar-refractivity contribution >= 4 is 0 Å². The van der Waals surface area contributed by atoms with Crippen molar-refractivity contribution < 1.29 is 0 Å². The second-order valence-electron chi connectivity index (χ2n) is 7.28. The van der Waals surface area contributed by atoms with E-state index in [1.165, 1.54) is 58.0 Å². The molecule has 19 heavy (non-hydrogen) atoms. The van der Waals surface area contributed by atoms with Gasteiger partial charge in [-0.2, -0.15) is 0 Å². The van der Waals surface area contributed by atoms with Gasteiger partial charge in [-0.1, -0.05) is 6.92 Å². The summed E-state index contributed by atoms with van der Waals surface area (Å²) >= 11 is 0. The zero-order valence-electron chi connectivity index (χ0n) is 12.8. The van der Waals surface area contributed by atoms with Crippen LogP contribution < -0.4 is 5.73 Å². The zero-order chi connectivity index (χ0) is 13.5. The molecule has 0 aromatic carbocycles. The summed E-state index contributed by atoms with van der Waals surface area (Å²) < 4.78 is 0. The maximum absolute atomic E-state index is 6.29. The molecular formula is C16H31N3. The molecular weight excluding hydrogens is 234 g/mol. The summed E-state index contributed by atoms with van der Waals surface area (Å²) in [5, 5.41) is 0. The van der Waals surface area contributed by atoms with Gasteiger partial charge in [0, 0.05) is 30.7 Å². The fourth-order valence-electron chi connectivity index (χ4n) is 4.99. The highest BCUT2D eigenvalue weighted by molar-refractivity contribution is 5.10. The lowest BCUT2D eigenvalue weighted by molar-refractivity contribution is 0.0304. The number of likely N-dealkylation sites (N-methyl/N-ethyl adjacent to an activating group) is 1. The summed E-state index contributed by atoms with van der Waals surface area (Å²) in [7, 11) is 2.37.